The Balaban J connectivity index is 1.42. The van der Waals surface area contributed by atoms with Crippen molar-refractivity contribution in [3.8, 4) is 0 Å². The molecule has 1 N–H and O–H groups in total. The van der Waals surface area contributed by atoms with Gasteiger partial charge in [0.05, 0.1) is 28.8 Å². The summed E-state index contributed by atoms with van der Waals surface area (Å²) in [4.78, 5) is 43.8. The molecule has 0 atom stereocenters. The number of hydrogen-bond donors (Lipinski definition) is 1. The Morgan fingerprint density at radius 1 is 0.865 bits per heavy atom. The second kappa shape index (κ2) is 8.91. The summed E-state index contributed by atoms with van der Waals surface area (Å²) in [6.45, 7) is 1.83. The summed E-state index contributed by atoms with van der Waals surface area (Å²) in [6, 6.07) is 26.3. The van der Waals surface area contributed by atoms with Crippen molar-refractivity contribution in [3.63, 3.8) is 0 Å². The summed E-state index contributed by atoms with van der Waals surface area (Å²) in [6.07, 6.45) is 1.46. The van der Waals surface area contributed by atoms with Gasteiger partial charge < -0.3 is 5.32 Å². The molecule has 0 bridgehead atoms. The van der Waals surface area contributed by atoms with Crippen LogP contribution >= 0.6 is 0 Å². The molecule has 8 heteroatoms. The molecule has 0 radical (unpaired) electrons. The highest BCUT2D eigenvalue weighted by Gasteiger charge is 2.19. The van der Waals surface area contributed by atoms with Gasteiger partial charge in [0.1, 0.15) is 12.4 Å². The first-order valence-electron chi connectivity index (χ1n) is 11.9. The molecule has 3 aromatic carbocycles. The first-order valence-corrected chi connectivity index (χ1v) is 11.9. The molecule has 0 spiro atoms. The Labute approximate surface area is 211 Å². The van der Waals surface area contributed by atoms with Crippen molar-refractivity contribution in [2.24, 2.45) is 0 Å². The lowest BCUT2D eigenvalue weighted by Gasteiger charge is -2.11. The fraction of sp³-hybridized carbons (Fsp3) is 0.103. The first kappa shape index (κ1) is 22.5. The van der Waals surface area contributed by atoms with Crippen LogP contribution in [0.25, 0.3) is 27.3 Å². The predicted octanol–water partition coefficient (Wildman–Crippen LogP) is 3.96. The number of hydrogen-bond acceptors (Lipinski definition) is 4. The largest absolute Gasteiger partial charge is 0.331 e. The number of amides is 1. The molecular weight excluding hydrogens is 466 g/mol. The average molecular weight is 490 g/mol. The monoisotopic (exact) mass is 489 g/mol. The smallest absolute Gasteiger partial charge is 0.322 e. The van der Waals surface area contributed by atoms with Gasteiger partial charge in [-0.1, -0.05) is 66.7 Å². The normalized spacial score (nSPS) is 11.4. The Bertz CT molecular complexity index is 1930. The fourth-order valence-electron chi connectivity index (χ4n) is 4.88. The highest BCUT2D eigenvalue weighted by molar-refractivity contribution is 6.16. The van der Waals surface area contributed by atoms with E-state index in [4.69, 9.17) is 4.98 Å². The van der Waals surface area contributed by atoms with Gasteiger partial charge in [0, 0.05) is 23.0 Å². The van der Waals surface area contributed by atoms with E-state index in [0.29, 0.717) is 12.2 Å². The Morgan fingerprint density at radius 2 is 1.57 bits per heavy atom. The van der Waals surface area contributed by atoms with E-state index in [2.05, 4.69) is 5.32 Å². The molecule has 0 aliphatic rings. The second-order valence-electron chi connectivity index (χ2n) is 8.94. The van der Waals surface area contributed by atoms with E-state index in [1.807, 2.05) is 90.2 Å². The molecule has 1 amide bonds. The molecule has 0 unspecified atom stereocenters. The second-order valence-corrected chi connectivity index (χ2v) is 8.94. The van der Waals surface area contributed by atoms with Crippen LogP contribution in [-0.2, 0) is 17.9 Å². The van der Waals surface area contributed by atoms with Crippen molar-refractivity contribution >= 4 is 38.9 Å². The first-order chi connectivity index (χ1) is 18.0. The Kier molecular flexibility index (Phi) is 5.41. The minimum Gasteiger partial charge on any atom is -0.322 e. The zero-order valence-corrected chi connectivity index (χ0v) is 20.1. The standard InChI is InChI=1S/C29H23N5O3/c1-19-30-23-13-7-5-11-21(23)28-27(22-12-6-8-14-24(22)34(19)28)31-25(35)18-33-26(36)15-16-32(29(33)37)17-20-9-3-2-4-10-20/h2-16H,17-18H2,1H3,(H,31,35). The van der Waals surface area contributed by atoms with Crippen LogP contribution in [0.15, 0.2) is 101 Å². The summed E-state index contributed by atoms with van der Waals surface area (Å²) in [5.41, 5.74) is 3.02. The molecule has 0 saturated heterocycles. The van der Waals surface area contributed by atoms with Crippen molar-refractivity contribution in [1.29, 1.82) is 0 Å². The lowest BCUT2D eigenvalue weighted by Crippen LogP contribution is -2.41. The van der Waals surface area contributed by atoms with E-state index in [1.165, 1.54) is 16.8 Å². The number of rotatable bonds is 5. The SMILES string of the molecule is Cc1nc2ccccc2c2c(NC(=O)Cn3c(=O)ccn(Cc4ccccc4)c3=O)c3ccccc3n12. The van der Waals surface area contributed by atoms with Crippen LogP contribution < -0.4 is 16.6 Å². The van der Waals surface area contributed by atoms with E-state index in [0.717, 1.165) is 43.3 Å². The molecule has 0 aliphatic carbocycles. The van der Waals surface area contributed by atoms with E-state index in [-0.39, 0.29) is 0 Å². The molecule has 3 aromatic heterocycles. The molecular formula is C29H23N5O3. The van der Waals surface area contributed by atoms with Gasteiger partial charge in [-0.25, -0.2) is 9.78 Å². The summed E-state index contributed by atoms with van der Waals surface area (Å²) in [5, 5.41) is 4.74. The fourth-order valence-corrected chi connectivity index (χ4v) is 4.88. The summed E-state index contributed by atoms with van der Waals surface area (Å²) >= 11 is 0. The molecule has 0 aliphatic heterocycles. The third-order valence-electron chi connectivity index (χ3n) is 6.54. The Hall–Kier alpha value is -4.98. The molecule has 6 rings (SSSR count). The number of aryl methyl sites for hydroxylation is 1. The Morgan fingerprint density at radius 3 is 2.38 bits per heavy atom. The maximum atomic E-state index is 13.3. The summed E-state index contributed by atoms with van der Waals surface area (Å²) in [7, 11) is 0. The quantitative estimate of drug-likeness (QED) is 0.397. The molecule has 37 heavy (non-hydrogen) atoms. The van der Waals surface area contributed by atoms with Crippen LogP contribution in [0.5, 0.6) is 0 Å². The van der Waals surface area contributed by atoms with Gasteiger partial charge in [-0.2, -0.15) is 0 Å². The number of nitrogens with one attached hydrogen (secondary N) is 1. The number of para-hydroxylation sites is 2. The van der Waals surface area contributed by atoms with Crippen LogP contribution in [0.2, 0.25) is 0 Å². The van der Waals surface area contributed by atoms with E-state index >= 15 is 0 Å². The summed E-state index contributed by atoms with van der Waals surface area (Å²) < 4.78 is 4.41. The van der Waals surface area contributed by atoms with Gasteiger partial charge in [-0.3, -0.25) is 23.1 Å². The maximum Gasteiger partial charge on any atom is 0.331 e. The van der Waals surface area contributed by atoms with Crippen molar-refractivity contribution < 1.29 is 4.79 Å². The number of carbonyl (C=O) groups excluding carboxylic acids is 1. The summed E-state index contributed by atoms with van der Waals surface area (Å²) in [5.74, 6) is 0.321. The lowest BCUT2D eigenvalue weighted by atomic mass is 10.1. The number of fused-ring (bicyclic) bond motifs is 5. The van der Waals surface area contributed by atoms with Crippen molar-refractivity contribution in [3.05, 3.63) is 123 Å². The highest BCUT2D eigenvalue weighted by atomic mass is 16.2. The molecule has 182 valence electrons. The molecule has 6 aromatic rings. The van der Waals surface area contributed by atoms with Gasteiger partial charge in [0.15, 0.2) is 0 Å². The number of anilines is 1. The predicted molar refractivity (Wildman–Crippen MR) is 144 cm³/mol. The van der Waals surface area contributed by atoms with Gasteiger partial charge in [0.25, 0.3) is 5.56 Å². The average Bonchev–Trinajstić information content (AvgIpc) is 3.24. The number of benzene rings is 3. The maximum absolute atomic E-state index is 13.3. The van der Waals surface area contributed by atoms with Gasteiger partial charge in [-0.15, -0.1) is 0 Å². The molecule has 3 heterocycles. The zero-order valence-electron chi connectivity index (χ0n) is 20.1. The lowest BCUT2D eigenvalue weighted by molar-refractivity contribution is -0.116. The third-order valence-corrected chi connectivity index (χ3v) is 6.54. The van der Waals surface area contributed by atoms with Crippen LogP contribution in [0.3, 0.4) is 0 Å². The van der Waals surface area contributed by atoms with Crippen molar-refractivity contribution in [2.45, 2.75) is 20.0 Å². The number of aromatic nitrogens is 4. The van der Waals surface area contributed by atoms with E-state index < -0.39 is 23.7 Å². The van der Waals surface area contributed by atoms with Gasteiger partial charge >= 0.3 is 5.69 Å². The van der Waals surface area contributed by atoms with Gasteiger partial charge in [0.2, 0.25) is 5.91 Å². The number of nitrogens with zero attached hydrogens (tertiary/aromatic N) is 4. The highest BCUT2D eigenvalue weighted by Crippen LogP contribution is 2.36. The minimum atomic E-state index is -0.538. The van der Waals surface area contributed by atoms with Crippen molar-refractivity contribution in [2.75, 3.05) is 5.32 Å². The zero-order chi connectivity index (χ0) is 25.5. The number of carbonyl (C=O) groups is 1. The van der Waals surface area contributed by atoms with Crippen LogP contribution in [0, 0.1) is 6.92 Å². The molecule has 0 fully saturated rings. The third kappa shape index (κ3) is 3.88. The van der Waals surface area contributed by atoms with Crippen LogP contribution in [0.1, 0.15) is 11.4 Å². The van der Waals surface area contributed by atoms with Crippen molar-refractivity contribution in [1.82, 2.24) is 18.5 Å². The topological polar surface area (TPSA) is 90.4 Å². The minimum absolute atomic E-state index is 0.300. The molecule has 8 nitrogen and oxygen atoms in total. The van der Waals surface area contributed by atoms with Crippen LogP contribution in [0.4, 0.5) is 5.69 Å². The van der Waals surface area contributed by atoms with Gasteiger partial charge in [-0.05, 0) is 24.6 Å². The van der Waals surface area contributed by atoms with Crippen LogP contribution in [-0.4, -0.2) is 24.4 Å². The van der Waals surface area contributed by atoms with E-state index in [9.17, 15) is 14.4 Å². The molecule has 0 saturated carbocycles. The van der Waals surface area contributed by atoms with E-state index in [1.54, 1.807) is 0 Å².